The third kappa shape index (κ3) is 6.58. The summed E-state index contributed by atoms with van der Waals surface area (Å²) in [5.74, 6) is -0.532. The topological polar surface area (TPSA) is 121 Å². The first kappa shape index (κ1) is 23.8. The number of benzene rings is 2. The van der Waals surface area contributed by atoms with E-state index < -0.39 is 30.1 Å². The van der Waals surface area contributed by atoms with Crippen molar-refractivity contribution < 1.29 is 28.9 Å². The summed E-state index contributed by atoms with van der Waals surface area (Å²) in [6.07, 6.45) is 0. The normalized spacial score (nSPS) is 12.0. The van der Waals surface area contributed by atoms with Crippen LogP contribution in [0.3, 0.4) is 0 Å². The Morgan fingerprint density at radius 1 is 1.03 bits per heavy atom. The second-order valence-electron chi connectivity index (χ2n) is 7.75. The molecule has 0 aliphatic heterocycles. The summed E-state index contributed by atoms with van der Waals surface area (Å²) in [7, 11) is 0. The van der Waals surface area contributed by atoms with Gasteiger partial charge in [-0.05, 0) is 74.5 Å². The quantitative estimate of drug-likeness (QED) is 0.416. The van der Waals surface area contributed by atoms with Crippen molar-refractivity contribution in [2.45, 2.75) is 25.5 Å². The number of hydrogen-bond donors (Lipinski definition) is 4. The molecule has 1 heterocycles. The summed E-state index contributed by atoms with van der Waals surface area (Å²) in [6.45, 7) is 1.90. The lowest BCUT2D eigenvalue weighted by Gasteiger charge is -2.21. The minimum atomic E-state index is -1.70. The highest BCUT2D eigenvalue weighted by molar-refractivity contribution is 5.97. The van der Waals surface area contributed by atoms with Crippen LogP contribution in [-0.2, 0) is 9.59 Å². The SMILES string of the molecule is CC(C)(O)C(=O)NC(CO)C(=O)Nc1cccc(-c2ccc(Oc3ccc(F)cc3)cc2)n1. The van der Waals surface area contributed by atoms with Gasteiger partial charge in [0.1, 0.15) is 34.8 Å². The first-order valence-corrected chi connectivity index (χ1v) is 10.1. The molecule has 0 bridgehead atoms. The van der Waals surface area contributed by atoms with E-state index >= 15 is 0 Å². The average molecular weight is 453 g/mol. The molecule has 8 nitrogen and oxygen atoms in total. The highest BCUT2D eigenvalue weighted by atomic mass is 19.1. The average Bonchev–Trinajstić information content (AvgIpc) is 2.78. The Hall–Kier alpha value is -3.82. The maximum Gasteiger partial charge on any atom is 0.252 e. The number of carbonyl (C=O) groups excluding carboxylic acids is 2. The summed E-state index contributed by atoms with van der Waals surface area (Å²) in [5.41, 5.74) is -0.368. The molecule has 0 saturated heterocycles. The third-order valence-electron chi connectivity index (χ3n) is 4.56. The van der Waals surface area contributed by atoms with Crippen molar-refractivity contribution in [1.29, 1.82) is 0 Å². The van der Waals surface area contributed by atoms with Gasteiger partial charge < -0.3 is 25.6 Å². The third-order valence-corrected chi connectivity index (χ3v) is 4.56. The second-order valence-corrected chi connectivity index (χ2v) is 7.75. The highest BCUT2D eigenvalue weighted by Crippen LogP contribution is 2.25. The first-order valence-electron chi connectivity index (χ1n) is 10.1. The monoisotopic (exact) mass is 453 g/mol. The van der Waals surface area contributed by atoms with Gasteiger partial charge >= 0.3 is 0 Å². The summed E-state index contributed by atoms with van der Waals surface area (Å²) in [5, 5.41) is 24.0. The van der Waals surface area contributed by atoms with Crippen molar-refractivity contribution >= 4 is 17.6 Å². The van der Waals surface area contributed by atoms with Crippen LogP contribution in [0.5, 0.6) is 11.5 Å². The molecule has 1 unspecified atom stereocenters. The number of carbonyl (C=O) groups is 2. The number of anilines is 1. The molecule has 33 heavy (non-hydrogen) atoms. The molecule has 4 N–H and O–H groups in total. The number of nitrogens with one attached hydrogen (secondary N) is 2. The highest BCUT2D eigenvalue weighted by Gasteiger charge is 2.29. The van der Waals surface area contributed by atoms with Gasteiger partial charge in [-0.1, -0.05) is 6.07 Å². The van der Waals surface area contributed by atoms with Crippen LogP contribution in [0.1, 0.15) is 13.8 Å². The number of amides is 2. The lowest BCUT2D eigenvalue weighted by Crippen LogP contribution is -2.52. The van der Waals surface area contributed by atoms with Crippen LogP contribution >= 0.6 is 0 Å². The molecular formula is C24H24FN3O5. The van der Waals surface area contributed by atoms with Crippen molar-refractivity contribution in [3.63, 3.8) is 0 Å². The lowest BCUT2D eigenvalue weighted by atomic mass is 10.1. The molecule has 3 aromatic rings. The number of hydrogen-bond acceptors (Lipinski definition) is 6. The van der Waals surface area contributed by atoms with E-state index in [-0.39, 0.29) is 11.6 Å². The number of nitrogens with zero attached hydrogens (tertiary/aromatic N) is 1. The van der Waals surface area contributed by atoms with Crippen LogP contribution in [0.25, 0.3) is 11.3 Å². The number of aliphatic hydroxyl groups excluding tert-OH is 1. The van der Waals surface area contributed by atoms with E-state index in [1.54, 1.807) is 42.5 Å². The summed E-state index contributed by atoms with van der Waals surface area (Å²) >= 11 is 0. The van der Waals surface area contributed by atoms with Gasteiger partial charge in [0.05, 0.1) is 12.3 Å². The Bertz CT molecular complexity index is 1110. The number of halogens is 1. The van der Waals surface area contributed by atoms with Gasteiger partial charge in [-0.15, -0.1) is 0 Å². The molecule has 0 radical (unpaired) electrons. The van der Waals surface area contributed by atoms with Crippen LogP contribution in [0.15, 0.2) is 66.7 Å². The fourth-order valence-corrected chi connectivity index (χ4v) is 2.74. The molecule has 0 spiro atoms. The molecule has 1 aromatic heterocycles. The fourth-order valence-electron chi connectivity index (χ4n) is 2.74. The summed E-state index contributed by atoms with van der Waals surface area (Å²) < 4.78 is 18.7. The molecule has 2 aromatic carbocycles. The minimum Gasteiger partial charge on any atom is -0.457 e. The van der Waals surface area contributed by atoms with Crippen LogP contribution in [0, 0.1) is 5.82 Å². The lowest BCUT2D eigenvalue weighted by molar-refractivity contribution is -0.139. The van der Waals surface area contributed by atoms with E-state index in [0.29, 0.717) is 17.2 Å². The van der Waals surface area contributed by atoms with E-state index in [4.69, 9.17) is 4.74 Å². The molecular weight excluding hydrogens is 429 g/mol. The Kier molecular flexibility index (Phi) is 7.37. The van der Waals surface area contributed by atoms with Crippen molar-refractivity contribution in [3.05, 3.63) is 72.5 Å². The van der Waals surface area contributed by atoms with Crippen molar-refractivity contribution in [1.82, 2.24) is 10.3 Å². The molecule has 0 aliphatic carbocycles. The Balaban J connectivity index is 1.68. The van der Waals surface area contributed by atoms with Crippen LogP contribution in [-0.4, -0.2) is 45.3 Å². The van der Waals surface area contributed by atoms with Crippen LogP contribution in [0.4, 0.5) is 10.2 Å². The predicted octanol–water partition coefficient (Wildman–Crippen LogP) is 2.87. The van der Waals surface area contributed by atoms with Crippen molar-refractivity contribution in [2.75, 3.05) is 11.9 Å². The molecule has 2 amide bonds. The van der Waals surface area contributed by atoms with E-state index in [2.05, 4.69) is 15.6 Å². The maximum atomic E-state index is 13.0. The molecule has 0 fully saturated rings. The molecule has 172 valence electrons. The van der Waals surface area contributed by atoms with Crippen molar-refractivity contribution in [2.24, 2.45) is 0 Å². The Labute approximate surface area is 190 Å². The van der Waals surface area contributed by atoms with Gasteiger partial charge in [-0.3, -0.25) is 9.59 Å². The number of pyridine rings is 1. The second kappa shape index (κ2) is 10.2. The first-order chi connectivity index (χ1) is 15.7. The van der Waals surface area contributed by atoms with Gasteiger partial charge in [0.15, 0.2) is 0 Å². The maximum absolute atomic E-state index is 13.0. The van der Waals surface area contributed by atoms with Gasteiger partial charge in [-0.2, -0.15) is 0 Å². The Morgan fingerprint density at radius 2 is 1.64 bits per heavy atom. The van der Waals surface area contributed by atoms with E-state index in [0.717, 1.165) is 5.56 Å². The van der Waals surface area contributed by atoms with Crippen molar-refractivity contribution in [3.8, 4) is 22.8 Å². The Morgan fingerprint density at radius 3 is 2.21 bits per heavy atom. The number of ether oxygens (including phenoxy) is 1. The smallest absolute Gasteiger partial charge is 0.252 e. The summed E-state index contributed by atoms with van der Waals surface area (Å²) in [6, 6.07) is 16.5. The van der Waals surface area contributed by atoms with E-state index in [9.17, 15) is 24.2 Å². The van der Waals surface area contributed by atoms with Gasteiger partial charge in [0.2, 0.25) is 0 Å². The fraction of sp³-hybridized carbons (Fsp3) is 0.208. The number of aromatic nitrogens is 1. The van der Waals surface area contributed by atoms with Crippen LogP contribution in [0.2, 0.25) is 0 Å². The van der Waals surface area contributed by atoms with Crippen LogP contribution < -0.4 is 15.4 Å². The minimum absolute atomic E-state index is 0.222. The zero-order chi connectivity index (χ0) is 24.0. The van der Waals surface area contributed by atoms with Gasteiger partial charge in [0.25, 0.3) is 11.8 Å². The van der Waals surface area contributed by atoms with Gasteiger partial charge in [0, 0.05) is 5.56 Å². The molecule has 0 aliphatic rings. The van der Waals surface area contributed by atoms with Gasteiger partial charge in [-0.25, -0.2) is 9.37 Å². The predicted molar refractivity (Wildman–Crippen MR) is 120 cm³/mol. The molecule has 0 saturated carbocycles. The zero-order valence-electron chi connectivity index (χ0n) is 18.1. The van der Waals surface area contributed by atoms with E-state index in [1.165, 1.54) is 38.1 Å². The number of aliphatic hydroxyl groups is 2. The zero-order valence-corrected chi connectivity index (χ0v) is 18.1. The number of rotatable bonds is 8. The van der Waals surface area contributed by atoms with E-state index in [1.807, 2.05) is 0 Å². The molecule has 1 atom stereocenters. The largest absolute Gasteiger partial charge is 0.457 e. The summed E-state index contributed by atoms with van der Waals surface area (Å²) in [4.78, 5) is 28.7. The molecule has 3 rings (SSSR count). The molecule has 9 heteroatoms. The standard InChI is InChI=1S/C24H24FN3O5/c1-24(2,32)23(31)27-20(14-29)22(30)28-21-5-3-4-19(26-21)15-6-10-17(11-7-15)33-18-12-8-16(25)9-13-18/h3-13,20,29,32H,14H2,1-2H3,(H,27,31)(H,26,28,30).